The number of hydrogen-bond donors (Lipinski definition) is 1. The zero-order chi connectivity index (χ0) is 33.3. The number of sulfonamides is 1. The third-order valence-corrected chi connectivity index (χ3v) is 9.83. The molecule has 2 amide bonds. The van der Waals surface area contributed by atoms with Crippen LogP contribution >= 0.6 is 23.2 Å². The number of hydrogen-bond acceptors (Lipinski definition) is 5. The van der Waals surface area contributed by atoms with E-state index in [1.54, 1.807) is 30.3 Å². The standard InChI is InChI=1S/C35H37Cl2N3O5S/c1-4-25(2)38-35(42)33(22-26-9-6-5-7-10-26)39(23-27-11-8-12-29(37)21-27)34(41)24-40(30-15-13-28(36)14-16-30)46(43,44)32-19-17-31(45-3)18-20-32/h5-21,25,33H,4,22-24H2,1-3H3,(H,38,42). The number of amides is 2. The predicted molar refractivity (Wildman–Crippen MR) is 183 cm³/mol. The van der Waals surface area contributed by atoms with Crippen LogP contribution < -0.4 is 14.4 Å². The fourth-order valence-corrected chi connectivity index (χ4v) is 6.59. The summed E-state index contributed by atoms with van der Waals surface area (Å²) in [5, 5.41) is 3.90. The maximum Gasteiger partial charge on any atom is 0.264 e. The van der Waals surface area contributed by atoms with E-state index in [1.165, 1.54) is 48.4 Å². The zero-order valence-electron chi connectivity index (χ0n) is 25.9. The largest absolute Gasteiger partial charge is 0.497 e. The second kappa shape index (κ2) is 16.0. The SMILES string of the molecule is CCC(C)NC(=O)C(Cc1ccccc1)N(Cc1cccc(Cl)c1)C(=O)CN(c1ccc(Cl)cc1)S(=O)(=O)c1ccc(OC)cc1. The summed E-state index contributed by atoms with van der Waals surface area (Å²) < 4.78 is 34.5. The first-order valence-corrected chi connectivity index (χ1v) is 17.0. The molecular formula is C35H37Cl2N3O5S. The Labute approximate surface area is 280 Å². The van der Waals surface area contributed by atoms with Crippen LogP contribution in [0.15, 0.2) is 108 Å². The van der Waals surface area contributed by atoms with Gasteiger partial charge in [-0.2, -0.15) is 0 Å². The summed E-state index contributed by atoms with van der Waals surface area (Å²) in [4.78, 5) is 29.8. The number of ether oxygens (including phenoxy) is 1. The van der Waals surface area contributed by atoms with Gasteiger partial charge in [-0.3, -0.25) is 13.9 Å². The predicted octanol–water partition coefficient (Wildman–Crippen LogP) is 6.75. The molecule has 0 aliphatic heterocycles. The van der Waals surface area contributed by atoms with Crippen LogP contribution in [0.4, 0.5) is 5.69 Å². The molecule has 8 nitrogen and oxygen atoms in total. The fourth-order valence-electron chi connectivity index (χ4n) is 4.84. The van der Waals surface area contributed by atoms with Crippen molar-refractivity contribution in [3.05, 3.63) is 124 Å². The molecule has 0 aliphatic carbocycles. The number of benzene rings is 4. The van der Waals surface area contributed by atoms with E-state index in [-0.39, 0.29) is 35.5 Å². The van der Waals surface area contributed by atoms with E-state index in [2.05, 4.69) is 5.32 Å². The molecule has 242 valence electrons. The first-order chi connectivity index (χ1) is 22.0. The zero-order valence-corrected chi connectivity index (χ0v) is 28.2. The second-order valence-corrected chi connectivity index (χ2v) is 13.6. The lowest BCUT2D eigenvalue weighted by Crippen LogP contribution is -2.54. The highest BCUT2D eigenvalue weighted by Gasteiger charge is 2.35. The Kier molecular flexibility index (Phi) is 12.1. The number of methoxy groups -OCH3 is 1. The van der Waals surface area contributed by atoms with E-state index in [0.29, 0.717) is 27.8 Å². The molecule has 0 spiro atoms. The quantitative estimate of drug-likeness (QED) is 0.159. The smallest absolute Gasteiger partial charge is 0.264 e. The average molecular weight is 683 g/mol. The summed E-state index contributed by atoms with van der Waals surface area (Å²) >= 11 is 12.4. The van der Waals surface area contributed by atoms with Crippen molar-refractivity contribution >= 4 is 50.7 Å². The number of anilines is 1. The fraction of sp³-hybridized carbons (Fsp3) is 0.257. The minimum absolute atomic E-state index is 0.0157. The van der Waals surface area contributed by atoms with E-state index in [0.717, 1.165) is 9.87 Å². The van der Waals surface area contributed by atoms with Crippen LogP contribution in [0.5, 0.6) is 5.75 Å². The Bertz CT molecular complexity index is 1720. The molecule has 2 atom stereocenters. The molecule has 0 fully saturated rings. The van der Waals surface area contributed by atoms with Gasteiger partial charge in [-0.05, 0) is 85.1 Å². The molecule has 4 aromatic rings. The van der Waals surface area contributed by atoms with Crippen LogP contribution in [0.2, 0.25) is 10.0 Å². The van der Waals surface area contributed by atoms with Crippen molar-refractivity contribution in [2.75, 3.05) is 18.0 Å². The summed E-state index contributed by atoms with van der Waals surface area (Å²) in [5.74, 6) is -0.436. The van der Waals surface area contributed by atoms with Gasteiger partial charge in [0.1, 0.15) is 18.3 Å². The number of rotatable bonds is 14. The van der Waals surface area contributed by atoms with Crippen LogP contribution in [-0.2, 0) is 32.6 Å². The lowest BCUT2D eigenvalue weighted by atomic mass is 10.0. The summed E-state index contributed by atoms with van der Waals surface area (Å²) in [5.41, 5.74) is 1.77. The first-order valence-electron chi connectivity index (χ1n) is 14.8. The van der Waals surface area contributed by atoms with Gasteiger partial charge in [-0.1, -0.05) is 72.6 Å². The van der Waals surface area contributed by atoms with Gasteiger partial charge in [0.15, 0.2) is 0 Å². The number of carbonyl (C=O) groups is 2. The van der Waals surface area contributed by atoms with Gasteiger partial charge in [-0.25, -0.2) is 8.42 Å². The van der Waals surface area contributed by atoms with E-state index in [4.69, 9.17) is 27.9 Å². The minimum Gasteiger partial charge on any atom is -0.497 e. The normalized spacial score (nSPS) is 12.5. The van der Waals surface area contributed by atoms with Gasteiger partial charge in [0.25, 0.3) is 10.0 Å². The highest BCUT2D eigenvalue weighted by atomic mass is 35.5. The Morgan fingerprint density at radius 2 is 1.50 bits per heavy atom. The maximum atomic E-state index is 14.5. The molecule has 0 aromatic heterocycles. The van der Waals surface area contributed by atoms with Gasteiger partial charge in [-0.15, -0.1) is 0 Å². The molecule has 0 bridgehead atoms. The van der Waals surface area contributed by atoms with Crippen LogP contribution in [0.25, 0.3) is 0 Å². The van der Waals surface area contributed by atoms with Crippen LogP contribution in [-0.4, -0.2) is 50.9 Å². The second-order valence-electron chi connectivity index (χ2n) is 10.8. The van der Waals surface area contributed by atoms with E-state index in [1.807, 2.05) is 50.2 Å². The average Bonchev–Trinajstić information content (AvgIpc) is 3.06. The number of carbonyl (C=O) groups excluding carboxylic acids is 2. The minimum atomic E-state index is -4.26. The molecule has 0 radical (unpaired) electrons. The van der Waals surface area contributed by atoms with Crippen molar-refractivity contribution in [3.63, 3.8) is 0 Å². The summed E-state index contributed by atoms with van der Waals surface area (Å²) in [7, 11) is -2.78. The summed E-state index contributed by atoms with van der Waals surface area (Å²) in [6, 6.07) is 27.4. The molecule has 0 saturated carbocycles. The highest BCUT2D eigenvalue weighted by molar-refractivity contribution is 7.92. The number of halogens is 2. The lowest BCUT2D eigenvalue weighted by molar-refractivity contribution is -0.140. The Morgan fingerprint density at radius 3 is 2.11 bits per heavy atom. The van der Waals surface area contributed by atoms with Crippen molar-refractivity contribution in [2.45, 2.75) is 50.2 Å². The lowest BCUT2D eigenvalue weighted by Gasteiger charge is -2.34. The third kappa shape index (κ3) is 9.02. The van der Waals surface area contributed by atoms with E-state index in [9.17, 15) is 18.0 Å². The Balaban J connectivity index is 1.80. The van der Waals surface area contributed by atoms with Crippen molar-refractivity contribution in [1.82, 2.24) is 10.2 Å². The molecule has 1 N–H and O–H groups in total. The number of nitrogens with zero attached hydrogens (tertiary/aromatic N) is 2. The van der Waals surface area contributed by atoms with Crippen LogP contribution in [0.3, 0.4) is 0 Å². The molecule has 0 aliphatic rings. The maximum absolute atomic E-state index is 14.5. The van der Waals surface area contributed by atoms with Gasteiger partial charge in [0.2, 0.25) is 11.8 Å². The third-order valence-electron chi connectivity index (χ3n) is 7.55. The first kappa shape index (κ1) is 34.8. The molecule has 11 heteroatoms. The molecule has 2 unspecified atom stereocenters. The van der Waals surface area contributed by atoms with Crippen LogP contribution in [0.1, 0.15) is 31.4 Å². The topological polar surface area (TPSA) is 96.0 Å². The van der Waals surface area contributed by atoms with E-state index >= 15 is 0 Å². The van der Waals surface area contributed by atoms with E-state index < -0.39 is 28.5 Å². The highest BCUT2D eigenvalue weighted by Crippen LogP contribution is 2.27. The van der Waals surface area contributed by atoms with Gasteiger partial charge >= 0.3 is 0 Å². The van der Waals surface area contributed by atoms with Gasteiger partial charge < -0.3 is 15.0 Å². The summed E-state index contributed by atoms with van der Waals surface area (Å²) in [6.45, 7) is 3.28. The molecular weight excluding hydrogens is 645 g/mol. The molecule has 0 saturated heterocycles. The van der Waals surface area contributed by atoms with Crippen molar-refractivity contribution < 1.29 is 22.7 Å². The van der Waals surface area contributed by atoms with Gasteiger partial charge in [0.05, 0.1) is 17.7 Å². The molecule has 4 aromatic carbocycles. The molecule has 0 heterocycles. The van der Waals surface area contributed by atoms with Crippen molar-refractivity contribution in [2.24, 2.45) is 0 Å². The van der Waals surface area contributed by atoms with Gasteiger partial charge in [0, 0.05) is 29.1 Å². The van der Waals surface area contributed by atoms with Crippen molar-refractivity contribution in [1.29, 1.82) is 0 Å². The number of nitrogens with one attached hydrogen (secondary N) is 1. The van der Waals surface area contributed by atoms with Crippen LogP contribution in [0, 0.1) is 0 Å². The Hall–Kier alpha value is -4.05. The van der Waals surface area contributed by atoms with Crippen molar-refractivity contribution in [3.8, 4) is 5.75 Å². The molecule has 46 heavy (non-hydrogen) atoms. The Morgan fingerprint density at radius 1 is 0.848 bits per heavy atom. The molecule has 4 rings (SSSR count). The summed E-state index contributed by atoms with van der Waals surface area (Å²) in [6.07, 6.45) is 0.901. The monoisotopic (exact) mass is 681 g/mol.